The van der Waals surface area contributed by atoms with Gasteiger partial charge in [0.2, 0.25) is 11.8 Å². The van der Waals surface area contributed by atoms with Crippen LogP contribution in [-0.4, -0.2) is 37.4 Å². The molecule has 0 aromatic heterocycles. The van der Waals surface area contributed by atoms with Crippen LogP contribution in [0.2, 0.25) is 0 Å². The normalized spacial score (nSPS) is 11.4. The maximum absolute atomic E-state index is 12.0. The molecule has 6 nitrogen and oxygen atoms in total. The predicted molar refractivity (Wildman–Crippen MR) is 66.7 cm³/mol. The third kappa shape index (κ3) is 3.65. The molecule has 0 saturated heterocycles. The monoisotopic (exact) mass is 249 g/mol. The molecule has 0 saturated carbocycles. The van der Waals surface area contributed by atoms with E-state index in [2.05, 4.69) is 10.5 Å². The molecule has 0 aliphatic carbocycles. The van der Waals surface area contributed by atoms with Crippen molar-refractivity contribution in [1.29, 1.82) is 0 Å². The van der Waals surface area contributed by atoms with Gasteiger partial charge in [0.1, 0.15) is 6.04 Å². The molecule has 2 amide bonds. The lowest BCUT2D eigenvalue weighted by molar-refractivity contribution is -0.134. The Morgan fingerprint density at radius 1 is 1.28 bits per heavy atom. The van der Waals surface area contributed by atoms with Gasteiger partial charge in [-0.2, -0.15) is 4.91 Å². The molecule has 0 aliphatic rings. The van der Waals surface area contributed by atoms with Crippen LogP contribution >= 0.6 is 0 Å². The third-order valence-corrected chi connectivity index (χ3v) is 2.33. The second-order valence-electron chi connectivity index (χ2n) is 3.93. The largest absolute Gasteiger partial charge is 0.347 e. The molecule has 0 radical (unpaired) electrons. The molecule has 0 spiro atoms. The average molecular weight is 249 g/mol. The summed E-state index contributed by atoms with van der Waals surface area (Å²) in [6, 6.07) is 8.04. The summed E-state index contributed by atoms with van der Waals surface area (Å²) in [6.45, 7) is -0.496. The molecule has 0 fully saturated rings. The highest BCUT2D eigenvalue weighted by molar-refractivity contribution is 5.89. The molecular formula is C12H15N3O3. The summed E-state index contributed by atoms with van der Waals surface area (Å²) in [6.07, 6.45) is 0. The van der Waals surface area contributed by atoms with Gasteiger partial charge in [-0.15, -0.1) is 0 Å². The Morgan fingerprint density at radius 3 is 2.39 bits per heavy atom. The van der Waals surface area contributed by atoms with E-state index in [1.54, 1.807) is 38.4 Å². The molecule has 1 rings (SSSR count). The lowest BCUT2D eigenvalue weighted by Gasteiger charge is -2.21. The second-order valence-corrected chi connectivity index (χ2v) is 3.93. The maximum atomic E-state index is 12.0. The summed E-state index contributed by atoms with van der Waals surface area (Å²) in [7, 11) is 3.20. The van der Waals surface area contributed by atoms with Crippen LogP contribution in [0.5, 0.6) is 0 Å². The van der Waals surface area contributed by atoms with Crippen molar-refractivity contribution < 1.29 is 9.59 Å². The van der Waals surface area contributed by atoms with E-state index in [1.165, 1.54) is 4.90 Å². The van der Waals surface area contributed by atoms with Crippen LogP contribution in [-0.2, 0) is 9.59 Å². The van der Waals surface area contributed by atoms with Gasteiger partial charge in [0.15, 0.2) is 6.54 Å². The van der Waals surface area contributed by atoms with Gasteiger partial charge in [0.05, 0.1) is 0 Å². The highest BCUT2D eigenvalue weighted by Crippen LogP contribution is 2.14. The molecule has 18 heavy (non-hydrogen) atoms. The fraction of sp³-hybridized carbons (Fsp3) is 0.333. The summed E-state index contributed by atoms with van der Waals surface area (Å²) in [5.41, 5.74) is 0.662. The van der Waals surface area contributed by atoms with Crippen molar-refractivity contribution in [3.05, 3.63) is 40.8 Å². The molecule has 0 heterocycles. The average Bonchev–Trinajstić information content (AvgIpc) is 2.36. The van der Waals surface area contributed by atoms with Crippen molar-refractivity contribution in [2.45, 2.75) is 6.04 Å². The number of carbonyl (C=O) groups excluding carboxylic acids is 2. The number of nitrogens with one attached hydrogen (secondary N) is 1. The molecule has 96 valence electrons. The van der Waals surface area contributed by atoms with Gasteiger partial charge in [0, 0.05) is 14.1 Å². The zero-order valence-electron chi connectivity index (χ0n) is 10.3. The molecule has 1 N–H and O–H groups in total. The van der Waals surface area contributed by atoms with Crippen molar-refractivity contribution >= 4 is 11.8 Å². The zero-order valence-corrected chi connectivity index (χ0v) is 10.3. The van der Waals surface area contributed by atoms with Crippen molar-refractivity contribution in [1.82, 2.24) is 10.2 Å². The Hall–Kier alpha value is -2.24. The number of hydrogen-bond donors (Lipinski definition) is 1. The minimum Gasteiger partial charge on any atom is -0.347 e. The van der Waals surface area contributed by atoms with Gasteiger partial charge in [-0.05, 0) is 5.56 Å². The zero-order chi connectivity index (χ0) is 13.5. The first-order valence-corrected chi connectivity index (χ1v) is 5.41. The molecule has 0 bridgehead atoms. The van der Waals surface area contributed by atoms with E-state index in [1.807, 2.05) is 6.07 Å². The summed E-state index contributed by atoms with van der Waals surface area (Å²) in [5, 5.41) is 4.99. The first-order chi connectivity index (χ1) is 8.56. The van der Waals surface area contributed by atoms with E-state index in [9.17, 15) is 14.5 Å². The van der Waals surface area contributed by atoms with Gasteiger partial charge in [-0.25, -0.2) is 0 Å². The Balaban J connectivity index is 2.92. The molecule has 0 aliphatic heterocycles. The first kappa shape index (κ1) is 13.8. The van der Waals surface area contributed by atoms with Gasteiger partial charge in [-0.1, -0.05) is 35.5 Å². The van der Waals surface area contributed by atoms with E-state index in [0.717, 1.165) is 0 Å². The quantitative estimate of drug-likeness (QED) is 0.780. The van der Waals surface area contributed by atoms with E-state index in [0.29, 0.717) is 5.56 Å². The highest BCUT2D eigenvalue weighted by Gasteiger charge is 2.23. The van der Waals surface area contributed by atoms with Crippen LogP contribution in [0.25, 0.3) is 0 Å². The smallest absolute Gasteiger partial charge is 0.249 e. The SMILES string of the molecule is CN(C)C(=O)C(NC(=O)CN=O)c1ccccc1. The van der Waals surface area contributed by atoms with E-state index >= 15 is 0 Å². The lowest BCUT2D eigenvalue weighted by Crippen LogP contribution is -2.40. The molecule has 1 aromatic carbocycles. The van der Waals surface area contributed by atoms with Crippen molar-refractivity contribution in [3.63, 3.8) is 0 Å². The number of hydrogen-bond acceptors (Lipinski definition) is 4. The van der Waals surface area contributed by atoms with Crippen LogP contribution in [0.1, 0.15) is 11.6 Å². The summed E-state index contributed by atoms with van der Waals surface area (Å²) >= 11 is 0. The van der Waals surface area contributed by atoms with E-state index in [-0.39, 0.29) is 5.91 Å². The standard InChI is InChI=1S/C12H15N3O3/c1-15(2)12(17)11(14-10(16)8-13-18)9-6-4-3-5-7-9/h3-7,11H,8H2,1-2H3,(H,14,16). The minimum atomic E-state index is -0.796. The first-order valence-electron chi connectivity index (χ1n) is 5.41. The molecular weight excluding hydrogens is 234 g/mol. The highest BCUT2D eigenvalue weighted by atomic mass is 16.3. The molecule has 1 atom stereocenters. The minimum absolute atomic E-state index is 0.263. The number of nitrogens with zero attached hydrogens (tertiary/aromatic N) is 2. The van der Waals surface area contributed by atoms with E-state index in [4.69, 9.17) is 0 Å². The Morgan fingerprint density at radius 2 is 1.89 bits per heavy atom. The lowest BCUT2D eigenvalue weighted by atomic mass is 10.1. The number of nitroso groups, excluding NO2 is 1. The van der Waals surface area contributed by atoms with Crippen molar-refractivity contribution in [2.75, 3.05) is 20.6 Å². The van der Waals surface area contributed by atoms with Crippen LogP contribution in [0.15, 0.2) is 35.5 Å². The van der Waals surface area contributed by atoms with Gasteiger partial charge in [0.25, 0.3) is 0 Å². The summed E-state index contributed by atoms with van der Waals surface area (Å²) < 4.78 is 0. The summed E-state index contributed by atoms with van der Waals surface area (Å²) in [5.74, 6) is -0.838. The Labute approximate surface area is 105 Å². The topological polar surface area (TPSA) is 78.8 Å². The number of rotatable bonds is 5. The number of benzene rings is 1. The third-order valence-electron chi connectivity index (χ3n) is 2.33. The maximum Gasteiger partial charge on any atom is 0.249 e. The Bertz CT molecular complexity index is 431. The van der Waals surface area contributed by atoms with Crippen molar-refractivity contribution in [3.8, 4) is 0 Å². The number of carbonyl (C=O) groups is 2. The predicted octanol–water partition coefficient (Wildman–Crippen LogP) is 0.698. The fourth-order valence-electron chi connectivity index (χ4n) is 1.46. The van der Waals surface area contributed by atoms with Gasteiger partial charge < -0.3 is 10.2 Å². The Kier molecular flexibility index (Phi) is 4.98. The molecule has 6 heteroatoms. The van der Waals surface area contributed by atoms with E-state index < -0.39 is 18.5 Å². The van der Waals surface area contributed by atoms with Gasteiger partial charge >= 0.3 is 0 Å². The molecule has 1 aromatic rings. The van der Waals surface area contributed by atoms with Crippen LogP contribution < -0.4 is 5.32 Å². The van der Waals surface area contributed by atoms with Crippen LogP contribution in [0.3, 0.4) is 0 Å². The fourth-order valence-corrected chi connectivity index (χ4v) is 1.46. The van der Waals surface area contributed by atoms with Crippen LogP contribution in [0, 0.1) is 4.91 Å². The van der Waals surface area contributed by atoms with Crippen LogP contribution in [0.4, 0.5) is 0 Å². The van der Waals surface area contributed by atoms with Gasteiger partial charge in [-0.3, -0.25) is 9.59 Å². The molecule has 1 unspecified atom stereocenters. The second kappa shape index (κ2) is 6.48. The number of amides is 2. The number of likely N-dealkylation sites (N-methyl/N-ethyl adjacent to an activating group) is 1. The summed E-state index contributed by atoms with van der Waals surface area (Å²) in [4.78, 5) is 34.8. The van der Waals surface area contributed by atoms with Crippen molar-refractivity contribution in [2.24, 2.45) is 5.18 Å².